The molecule has 2 aromatic carbocycles. The van der Waals surface area contributed by atoms with Crippen LogP contribution in [0, 0.1) is 0 Å². The van der Waals surface area contributed by atoms with E-state index in [4.69, 9.17) is 20.3 Å². The molecule has 0 radical (unpaired) electrons. The van der Waals surface area contributed by atoms with Gasteiger partial charge >= 0.3 is 7.75 Å². The monoisotopic (exact) mass is 447 g/mol. The van der Waals surface area contributed by atoms with E-state index in [0.29, 0.717) is 11.1 Å². The van der Waals surface area contributed by atoms with Crippen molar-refractivity contribution in [1.29, 1.82) is 0 Å². The van der Waals surface area contributed by atoms with Gasteiger partial charge in [-0.1, -0.05) is 48.5 Å². The number of fused-ring (bicyclic) bond motifs is 1. The van der Waals surface area contributed by atoms with Crippen LogP contribution in [-0.4, -0.2) is 39.4 Å². The smallest absolute Gasteiger partial charge is 0.394 e. The van der Waals surface area contributed by atoms with Crippen molar-refractivity contribution >= 4 is 24.6 Å². The van der Waals surface area contributed by atoms with Crippen molar-refractivity contribution in [2.24, 2.45) is 11.2 Å². The van der Waals surface area contributed by atoms with Gasteiger partial charge in [0, 0.05) is 23.5 Å². The summed E-state index contributed by atoms with van der Waals surface area (Å²) < 4.78 is 23.6. The average molecular weight is 447 g/mol. The maximum absolute atomic E-state index is 12.9. The highest BCUT2D eigenvalue weighted by atomic mass is 31.2. The van der Waals surface area contributed by atoms with Crippen LogP contribution in [0.25, 0.3) is 10.9 Å². The van der Waals surface area contributed by atoms with Crippen LogP contribution in [-0.2, 0) is 24.8 Å². The minimum Gasteiger partial charge on any atom is -0.394 e. The van der Waals surface area contributed by atoms with Gasteiger partial charge in [0.2, 0.25) is 5.91 Å². The Kier molecular flexibility index (Phi) is 6.96. The van der Waals surface area contributed by atoms with Crippen molar-refractivity contribution in [3.8, 4) is 0 Å². The molecule has 7 N–H and O–H groups in total. The fourth-order valence-electron chi connectivity index (χ4n) is 3.35. The highest BCUT2D eigenvalue weighted by Crippen LogP contribution is 2.47. The maximum Gasteiger partial charge on any atom is 0.404 e. The SMILES string of the molecule is CC(Cc1c[nH]c2ccccc12)(OP(N)(=O)OC(CO)C(O)c1ccccc1)C(N)=O. The number of primary amides is 1. The number of rotatable bonds is 10. The minimum atomic E-state index is -4.42. The van der Waals surface area contributed by atoms with E-state index in [0.717, 1.165) is 10.9 Å². The molecule has 4 unspecified atom stereocenters. The molecule has 0 aliphatic carbocycles. The van der Waals surface area contributed by atoms with Crippen molar-refractivity contribution < 1.29 is 28.6 Å². The number of aromatic nitrogens is 1. The van der Waals surface area contributed by atoms with E-state index in [2.05, 4.69) is 4.98 Å². The average Bonchev–Trinajstić information content (AvgIpc) is 3.14. The summed E-state index contributed by atoms with van der Waals surface area (Å²) in [6.45, 7) is 0.678. The molecule has 1 amide bonds. The van der Waals surface area contributed by atoms with Gasteiger partial charge in [0.1, 0.15) is 12.2 Å². The molecule has 0 bridgehead atoms. The summed E-state index contributed by atoms with van der Waals surface area (Å²) in [6, 6.07) is 15.8. The lowest BCUT2D eigenvalue weighted by Crippen LogP contribution is -2.46. The van der Waals surface area contributed by atoms with Crippen molar-refractivity contribution in [1.82, 2.24) is 4.98 Å². The van der Waals surface area contributed by atoms with E-state index in [9.17, 15) is 19.6 Å². The Morgan fingerprint density at radius 1 is 1.19 bits per heavy atom. The molecule has 1 heterocycles. The predicted molar refractivity (Wildman–Crippen MR) is 116 cm³/mol. The molecular weight excluding hydrogens is 421 g/mol. The molecule has 0 aliphatic rings. The number of hydrogen-bond acceptors (Lipinski definition) is 6. The fraction of sp³-hybridized carbons (Fsp3) is 0.286. The minimum absolute atomic E-state index is 0.0259. The third-order valence-electron chi connectivity index (χ3n) is 5.01. The van der Waals surface area contributed by atoms with E-state index >= 15 is 0 Å². The largest absolute Gasteiger partial charge is 0.404 e. The summed E-state index contributed by atoms with van der Waals surface area (Å²) in [6.07, 6.45) is -0.988. The first-order chi connectivity index (χ1) is 14.6. The second-order valence-corrected chi connectivity index (χ2v) is 8.92. The molecule has 0 saturated heterocycles. The summed E-state index contributed by atoms with van der Waals surface area (Å²) in [5, 5.41) is 21.0. The number of hydrogen-bond donors (Lipinski definition) is 5. The zero-order valence-corrected chi connectivity index (χ0v) is 17.9. The number of aliphatic hydroxyl groups excluding tert-OH is 2. The number of aliphatic hydroxyl groups is 2. The van der Waals surface area contributed by atoms with Crippen molar-refractivity contribution in [3.05, 3.63) is 71.9 Å². The lowest BCUT2D eigenvalue weighted by atomic mass is 9.96. The van der Waals surface area contributed by atoms with Crippen LogP contribution in [0.3, 0.4) is 0 Å². The Labute approximate surface area is 179 Å². The molecule has 31 heavy (non-hydrogen) atoms. The van der Waals surface area contributed by atoms with Gasteiger partial charge in [0.25, 0.3) is 0 Å². The summed E-state index contributed by atoms with van der Waals surface area (Å²) in [4.78, 5) is 15.3. The van der Waals surface area contributed by atoms with Gasteiger partial charge < -0.3 is 20.9 Å². The summed E-state index contributed by atoms with van der Waals surface area (Å²) in [5.74, 6) is -0.892. The lowest BCUT2D eigenvalue weighted by Gasteiger charge is -2.31. The normalized spacial score (nSPS) is 17.5. The van der Waals surface area contributed by atoms with Crippen molar-refractivity contribution in [2.45, 2.75) is 31.2 Å². The van der Waals surface area contributed by atoms with Crippen LogP contribution in [0.1, 0.15) is 24.2 Å². The molecule has 4 atom stereocenters. The van der Waals surface area contributed by atoms with Crippen molar-refractivity contribution in [2.75, 3.05) is 6.61 Å². The van der Waals surface area contributed by atoms with Gasteiger partial charge in [-0.05, 0) is 24.1 Å². The quantitative estimate of drug-likeness (QED) is 0.298. The van der Waals surface area contributed by atoms with Crippen LogP contribution in [0.15, 0.2) is 60.8 Å². The Morgan fingerprint density at radius 3 is 2.48 bits per heavy atom. The van der Waals surface area contributed by atoms with Gasteiger partial charge in [0.15, 0.2) is 5.60 Å². The van der Waals surface area contributed by atoms with Crippen LogP contribution in [0.2, 0.25) is 0 Å². The fourth-order valence-corrected chi connectivity index (χ4v) is 4.67. The van der Waals surface area contributed by atoms with E-state index in [1.54, 1.807) is 36.5 Å². The maximum atomic E-state index is 12.9. The molecule has 0 saturated carbocycles. The number of H-pyrrole nitrogens is 1. The number of amides is 1. The van der Waals surface area contributed by atoms with Gasteiger partial charge in [-0.2, -0.15) is 0 Å². The topological polar surface area (TPSA) is 161 Å². The second kappa shape index (κ2) is 9.32. The van der Waals surface area contributed by atoms with E-state index in [-0.39, 0.29) is 6.42 Å². The van der Waals surface area contributed by atoms with Gasteiger partial charge in [-0.25, -0.2) is 10.1 Å². The number of aromatic amines is 1. The molecular formula is C21H26N3O6P. The first-order valence-corrected chi connectivity index (χ1v) is 11.2. The summed E-state index contributed by atoms with van der Waals surface area (Å²) >= 11 is 0. The van der Waals surface area contributed by atoms with Gasteiger partial charge in [-0.15, -0.1) is 0 Å². The van der Waals surface area contributed by atoms with Crippen LogP contribution in [0.4, 0.5) is 0 Å². The molecule has 3 aromatic rings. The Hall–Kier alpha value is -2.52. The molecule has 9 nitrogen and oxygen atoms in total. The van der Waals surface area contributed by atoms with Crippen LogP contribution >= 0.6 is 7.75 Å². The molecule has 10 heteroatoms. The van der Waals surface area contributed by atoms with E-state index in [1.165, 1.54) is 6.92 Å². The highest BCUT2D eigenvalue weighted by Gasteiger charge is 2.42. The standard InChI is InChI=1S/C21H26N3O6P/c1-21(20(22)27,11-15-12-24-17-10-6-5-9-16(15)17)30-31(23,28)29-18(13-25)19(26)14-7-3-2-4-8-14/h2-10,12,18-19,24-26H,11,13H2,1H3,(H2,22,27)(H2,23,28). The molecule has 1 aromatic heterocycles. The Bertz CT molecular complexity index is 1090. The Balaban J connectivity index is 1.80. The number of carbonyl (C=O) groups is 1. The first-order valence-electron chi connectivity index (χ1n) is 9.62. The number of nitrogens with one attached hydrogen (secondary N) is 1. The Morgan fingerprint density at radius 2 is 1.84 bits per heavy atom. The first kappa shape index (κ1) is 23.1. The molecule has 0 aliphatic heterocycles. The summed E-state index contributed by atoms with van der Waals surface area (Å²) in [5.41, 5.74) is 11.5. The third kappa shape index (κ3) is 5.40. The number of benzene rings is 2. The van der Waals surface area contributed by atoms with Gasteiger partial charge in [-0.3, -0.25) is 13.8 Å². The zero-order valence-electron chi connectivity index (χ0n) is 17.0. The molecule has 0 fully saturated rings. The molecule has 0 spiro atoms. The predicted octanol–water partition coefficient (Wildman–Crippen LogP) is 2.15. The summed E-state index contributed by atoms with van der Waals surface area (Å²) in [7, 11) is -4.42. The number of carbonyl (C=O) groups excluding carboxylic acids is 1. The third-order valence-corrected chi connectivity index (χ3v) is 6.23. The molecule has 3 rings (SSSR count). The van der Waals surface area contributed by atoms with E-state index in [1.807, 2.05) is 24.3 Å². The van der Waals surface area contributed by atoms with Gasteiger partial charge in [0.05, 0.1) is 6.61 Å². The number of nitrogens with two attached hydrogens (primary N) is 2. The lowest BCUT2D eigenvalue weighted by molar-refractivity contribution is -0.133. The van der Waals surface area contributed by atoms with Crippen LogP contribution in [0.5, 0.6) is 0 Å². The molecule has 166 valence electrons. The van der Waals surface area contributed by atoms with Crippen LogP contribution < -0.4 is 11.2 Å². The second-order valence-electron chi connectivity index (χ2n) is 7.44. The van der Waals surface area contributed by atoms with E-state index < -0.39 is 38.1 Å². The number of para-hydroxylation sites is 1. The zero-order chi connectivity index (χ0) is 22.6. The van der Waals surface area contributed by atoms with Crippen molar-refractivity contribution in [3.63, 3.8) is 0 Å². The highest BCUT2D eigenvalue weighted by molar-refractivity contribution is 7.51.